The maximum atomic E-state index is 2.66. The molecule has 0 aliphatic rings. The molecule has 0 fully saturated rings. The molecule has 0 rings (SSSR count). The van der Waals surface area contributed by atoms with Crippen LogP contribution in [0.1, 0.15) is 157 Å². The Balaban J connectivity index is 0. The largest absolute Gasteiger partial charge is 1.00 e. The molecule has 1 atom stereocenters. The van der Waals surface area contributed by atoms with E-state index in [2.05, 4.69) is 46.8 Å². The molecule has 0 amide bonds. The first-order valence-electron chi connectivity index (χ1n) is 14.7. The lowest BCUT2D eigenvalue weighted by Crippen LogP contribution is -3.00. The Morgan fingerprint density at radius 3 is 1.31 bits per heavy atom. The number of nitrogens with zero attached hydrogens (tertiary/aromatic N) is 1. The summed E-state index contributed by atoms with van der Waals surface area (Å²) in [4.78, 5) is 0. The van der Waals surface area contributed by atoms with E-state index in [-0.39, 0.29) is 12.4 Å². The standard InChI is InChI=1S/C30H62N.ClH/c1-6-11-15-16-17-18-19-20-21-22-23-24-26-30(25-10-5)31(27-12-7-2,28-13-8-3)29-14-9-4;/h24,26,30H,6-23,25,27-29H2,1-5H3;1H/q+1;/p-1. The zero-order valence-electron chi connectivity index (χ0n) is 23.1. The van der Waals surface area contributed by atoms with Crippen molar-refractivity contribution in [2.45, 2.75) is 163 Å². The summed E-state index contributed by atoms with van der Waals surface area (Å²) >= 11 is 0. The first-order valence-corrected chi connectivity index (χ1v) is 14.7. The maximum absolute atomic E-state index is 2.66. The van der Waals surface area contributed by atoms with Crippen LogP contribution in [0.3, 0.4) is 0 Å². The quantitative estimate of drug-likeness (QED) is 0.0789. The van der Waals surface area contributed by atoms with Gasteiger partial charge in [-0.2, -0.15) is 0 Å². The number of unbranched alkanes of at least 4 members (excludes halogenated alkanes) is 13. The van der Waals surface area contributed by atoms with Crippen LogP contribution in [0, 0.1) is 0 Å². The lowest BCUT2D eigenvalue weighted by molar-refractivity contribution is -0.946. The van der Waals surface area contributed by atoms with Crippen molar-refractivity contribution in [2.24, 2.45) is 0 Å². The van der Waals surface area contributed by atoms with E-state index in [0.29, 0.717) is 0 Å². The van der Waals surface area contributed by atoms with Gasteiger partial charge < -0.3 is 16.9 Å². The molecule has 32 heavy (non-hydrogen) atoms. The zero-order valence-corrected chi connectivity index (χ0v) is 23.9. The molecule has 0 spiro atoms. The number of quaternary nitrogens is 1. The Hall–Kier alpha value is -0.0100. The normalized spacial score (nSPS) is 12.9. The predicted octanol–water partition coefficient (Wildman–Crippen LogP) is 7.24. The van der Waals surface area contributed by atoms with Gasteiger partial charge in [-0.1, -0.05) is 124 Å². The van der Waals surface area contributed by atoms with Crippen LogP contribution in [0.4, 0.5) is 0 Å². The van der Waals surface area contributed by atoms with Gasteiger partial charge in [-0.25, -0.2) is 0 Å². The SMILES string of the molecule is CCCCCCCCCCCCC=CC(CCC)[N+](CCCC)(CCCC)CCCC.[Cl-]. The number of rotatable bonds is 24. The molecule has 1 unspecified atom stereocenters. The van der Waals surface area contributed by atoms with Gasteiger partial charge in [0.1, 0.15) is 6.04 Å². The van der Waals surface area contributed by atoms with Gasteiger partial charge in [0, 0.05) is 6.42 Å². The third-order valence-electron chi connectivity index (χ3n) is 7.24. The molecule has 0 bridgehead atoms. The molecule has 0 aromatic rings. The molecule has 0 N–H and O–H groups in total. The molecule has 0 aliphatic carbocycles. The molecular formula is C30H62ClN. The van der Waals surface area contributed by atoms with E-state index in [9.17, 15) is 0 Å². The van der Waals surface area contributed by atoms with Gasteiger partial charge in [0.15, 0.2) is 0 Å². The summed E-state index contributed by atoms with van der Waals surface area (Å²) in [5.74, 6) is 0. The van der Waals surface area contributed by atoms with Crippen molar-refractivity contribution in [3.8, 4) is 0 Å². The fourth-order valence-electron chi connectivity index (χ4n) is 5.10. The van der Waals surface area contributed by atoms with Crippen molar-refractivity contribution in [3.05, 3.63) is 12.2 Å². The topological polar surface area (TPSA) is 0 Å². The Kier molecular flexibility index (Phi) is 27.3. The van der Waals surface area contributed by atoms with Crippen LogP contribution in [-0.2, 0) is 0 Å². The summed E-state index contributed by atoms with van der Waals surface area (Å²) in [5, 5.41) is 0. The first kappa shape index (κ1) is 34.2. The highest BCUT2D eigenvalue weighted by molar-refractivity contribution is 4.90. The summed E-state index contributed by atoms with van der Waals surface area (Å²) in [5.41, 5.74) is 0. The van der Waals surface area contributed by atoms with E-state index in [1.165, 1.54) is 146 Å². The third kappa shape index (κ3) is 17.5. The van der Waals surface area contributed by atoms with E-state index in [1.807, 2.05) is 0 Å². The monoisotopic (exact) mass is 471 g/mol. The van der Waals surface area contributed by atoms with E-state index >= 15 is 0 Å². The van der Waals surface area contributed by atoms with E-state index < -0.39 is 0 Å². The molecule has 1 nitrogen and oxygen atoms in total. The fourth-order valence-corrected chi connectivity index (χ4v) is 5.10. The fraction of sp³-hybridized carbons (Fsp3) is 0.933. The summed E-state index contributed by atoms with van der Waals surface area (Å²) in [7, 11) is 0. The van der Waals surface area contributed by atoms with Crippen molar-refractivity contribution >= 4 is 0 Å². The van der Waals surface area contributed by atoms with Crippen LogP contribution < -0.4 is 12.4 Å². The lowest BCUT2D eigenvalue weighted by Gasteiger charge is -2.45. The smallest absolute Gasteiger partial charge is 0.108 e. The summed E-state index contributed by atoms with van der Waals surface area (Å²) in [6.07, 6.45) is 31.7. The summed E-state index contributed by atoms with van der Waals surface area (Å²) < 4.78 is 1.37. The van der Waals surface area contributed by atoms with Crippen molar-refractivity contribution in [2.75, 3.05) is 19.6 Å². The van der Waals surface area contributed by atoms with Crippen molar-refractivity contribution < 1.29 is 16.9 Å². The average Bonchev–Trinajstić information content (AvgIpc) is 2.79. The molecule has 0 aromatic carbocycles. The van der Waals surface area contributed by atoms with Crippen molar-refractivity contribution in [3.63, 3.8) is 0 Å². The summed E-state index contributed by atoms with van der Waals surface area (Å²) in [6, 6.07) is 0.748. The minimum absolute atomic E-state index is 0. The number of halogens is 1. The molecule has 0 aromatic heterocycles. The van der Waals surface area contributed by atoms with Crippen LogP contribution in [0.15, 0.2) is 12.2 Å². The molecule has 0 saturated carbocycles. The molecule has 0 heterocycles. The Labute approximate surface area is 211 Å². The zero-order chi connectivity index (χ0) is 23.0. The molecule has 0 radical (unpaired) electrons. The molecule has 0 aliphatic heterocycles. The number of hydrogen-bond acceptors (Lipinski definition) is 0. The second kappa shape index (κ2) is 25.6. The van der Waals surface area contributed by atoms with Crippen LogP contribution in [-0.4, -0.2) is 30.2 Å². The average molecular weight is 472 g/mol. The third-order valence-corrected chi connectivity index (χ3v) is 7.24. The highest BCUT2D eigenvalue weighted by Crippen LogP contribution is 2.25. The molecule has 194 valence electrons. The van der Waals surface area contributed by atoms with Gasteiger partial charge in [-0.05, 0) is 38.2 Å². The van der Waals surface area contributed by atoms with Gasteiger partial charge in [0.2, 0.25) is 0 Å². The Morgan fingerprint density at radius 2 is 0.906 bits per heavy atom. The number of hydrogen-bond donors (Lipinski definition) is 0. The lowest BCUT2D eigenvalue weighted by atomic mass is 10.0. The minimum Gasteiger partial charge on any atom is -1.00 e. The van der Waals surface area contributed by atoms with Crippen molar-refractivity contribution in [1.82, 2.24) is 0 Å². The van der Waals surface area contributed by atoms with Crippen molar-refractivity contribution in [1.29, 1.82) is 0 Å². The maximum Gasteiger partial charge on any atom is 0.108 e. The Morgan fingerprint density at radius 1 is 0.500 bits per heavy atom. The second-order valence-electron chi connectivity index (χ2n) is 10.2. The van der Waals surface area contributed by atoms with Crippen LogP contribution in [0.2, 0.25) is 0 Å². The van der Waals surface area contributed by atoms with Gasteiger partial charge in [-0.3, -0.25) is 0 Å². The van der Waals surface area contributed by atoms with Crippen LogP contribution in [0.5, 0.6) is 0 Å². The number of allylic oxidation sites excluding steroid dienone is 1. The minimum atomic E-state index is 0. The van der Waals surface area contributed by atoms with E-state index in [4.69, 9.17) is 0 Å². The molecular weight excluding hydrogens is 410 g/mol. The summed E-state index contributed by atoms with van der Waals surface area (Å²) in [6.45, 7) is 16.0. The highest BCUT2D eigenvalue weighted by Gasteiger charge is 2.33. The van der Waals surface area contributed by atoms with Gasteiger partial charge >= 0.3 is 0 Å². The van der Waals surface area contributed by atoms with E-state index in [1.54, 1.807) is 0 Å². The Bertz CT molecular complexity index is 357. The van der Waals surface area contributed by atoms with Gasteiger partial charge in [0.25, 0.3) is 0 Å². The molecule has 2 heteroatoms. The highest BCUT2D eigenvalue weighted by atomic mass is 35.5. The van der Waals surface area contributed by atoms with Crippen LogP contribution in [0.25, 0.3) is 0 Å². The van der Waals surface area contributed by atoms with Gasteiger partial charge in [0.05, 0.1) is 19.6 Å². The first-order chi connectivity index (χ1) is 15.2. The second-order valence-corrected chi connectivity index (χ2v) is 10.2. The predicted molar refractivity (Wildman–Crippen MR) is 144 cm³/mol. The van der Waals surface area contributed by atoms with Crippen LogP contribution >= 0.6 is 0 Å². The molecule has 0 saturated heterocycles. The van der Waals surface area contributed by atoms with E-state index in [0.717, 1.165) is 6.04 Å². The van der Waals surface area contributed by atoms with Gasteiger partial charge in [-0.15, -0.1) is 0 Å².